The van der Waals surface area contributed by atoms with Gasteiger partial charge in [-0.05, 0) is 51.7 Å². The zero-order valence-electron chi connectivity index (χ0n) is 13.9. The van der Waals surface area contributed by atoms with E-state index >= 15 is 0 Å². The van der Waals surface area contributed by atoms with Gasteiger partial charge in [0.1, 0.15) is 0 Å². The van der Waals surface area contributed by atoms with E-state index in [0.717, 1.165) is 19.0 Å². The van der Waals surface area contributed by atoms with Gasteiger partial charge in [0, 0.05) is 25.2 Å². The van der Waals surface area contributed by atoms with Crippen molar-refractivity contribution in [3.63, 3.8) is 0 Å². The number of likely N-dealkylation sites (N-methyl/N-ethyl adjacent to an activating group) is 2. The summed E-state index contributed by atoms with van der Waals surface area (Å²) in [6.45, 7) is 9.39. The van der Waals surface area contributed by atoms with Crippen molar-refractivity contribution >= 4 is 0 Å². The second kappa shape index (κ2) is 7.05. The van der Waals surface area contributed by atoms with Crippen molar-refractivity contribution in [2.24, 2.45) is 17.1 Å². The van der Waals surface area contributed by atoms with E-state index in [1.807, 2.05) is 0 Å². The Morgan fingerprint density at radius 3 is 2.26 bits per heavy atom. The van der Waals surface area contributed by atoms with Crippen molar-refractivity contribution in [3.8, 4) is 0 Å². The summed E-state index contributed by atoms with van der Waals surface area (Å²) >= 11 is 0. The third-order valence-corrected chi connectivity index (χ3v) is 5.35. The maximum atomic E-state index is 6.38. The summed E-state index contributed by atoms with van der Waals surface area (Å²) in [6, 6.07) is 0.917. The zero-order valence-corrected chi connectivity index (χ0v) is 13.9. The van der Waals surface area contributed by atoms with Crippen LogP contribution in [0.1, 0.15) is 46.5 Å². The molecule has 0 spiro atoms. The van der Waals surface area contributed by atoms with E-state index in [0.29, 0.717) is 17.5 Å². The molecule has 0 radical (unpaired) electrons. The van der Waals surface area contributed by atoms with Crippen LogP contribution in [0.3, 0.4) is 0 Å². The average Bonchev–Trinajstić information content (AvgIpc) is 2.36. The molecular formula is C16H35N3. The predicted octanol–water partition coefficient (Wildman–Crippen LogP) is 2.41. The molecule has 0 aromatic heterocycles. The molecule has 1 fully saturated rings. The van der Waals surface area contributed by atoms with Gasteiger partial charge in [0.15, 0.2) is 0 Å². The summed E-state index contributed by atoms with van der Waals surface area (Å²) in [6.07, 6.45) is 5.03. The van der Waals surface area contributed by atoms with E-state index in [-0.39, 0.29) is 0 Å². The third-order valence-electron chi connectivity index (χ3n) is 5.35. The highest BCUT2D eigenvalue weighted by atomic mass is 15.2. The number of hydrogen-bond donors (Lipinski definition) is 1. The van der Waals surface area contributed by atoms with Crippen molar-refractivity contribution in [2.75, 3.05) is 34.2 Å². The van der Waals surface area contributed by atoms with Crippen LogP contribution in [0.15, 0.2) is 0 Å². The first kappa shape index (κ1) is 16.9. The van der Waals surface area contributed by atoms with Crippen molar-refractivity contribution in [2.45, 2.75) is 58.5 Å². The van der Waals surface area contributed by atoms with Crippen LogP contribution >= 0.6 is 0 Å². The van der Waals surface area contributed by atoms with Gasteiger partial charge in [-0.15, -0.1) is 0 Å². The maximum absolute atomic E-state index is 6.38. The lowest BCUT2D eigenvalue weighted by molar-refractivity contribution is 0.0701. The number of nitrogens with two attached hydrogens (primary N) is 1. The second-order valence-corrected chi connectivity index (χ2v) is 7.37. The summed E-state index contributed by atoms with van der Waals surface area (Å²) < 4.78 is 0. The summed E-state index contributed by atoms with van der Waals surface area (Å²) in [4.78, 5) is 4.74. The molecule has 1 aliphatic rings. The van der Waals surface area contributed by atoms with E-state index < -0.39 is 0 Å². The van der Waals surface area contributed by atoms with Crippen LogP contribution in [0.25, 0.3) is 0 Å². The summed E-state index contributed by atoms with van der Waals surface area (Å²) in [5.74, 6) is 0.823. The van der Waals surface area contributed by atoms with Gasteiger partial charge in [0.2, 0.25) is 0 Å². The molecule has 0 aromatic carbocycles. The monoisotopic (exact) mass is 269 g/mol. The first-order chi connectivity index (χ1) is 8.77. The Hall–Kier alpha value is -0.120. The van der Waals surface area contributed by atoms with Crippen LogP contribution in [0.2, 0.25) is 0 Å². The molecule has 0 aliphatic heterocycles. The van der Waals surface area contributed by atoms with E-state index in [1.165, 1.54) is 25.7 Å². The van der Waals surface area contributed by atoms with Crippen molar-refractivity contribution in [1.82, 2.24) is 9.80 Å². The average molecular weight is 269 g/mol. The Morgan fingerprint density at radius 2 is 1.74 bits per heavy atom. The van der Waals surface area contributed by atoms with Crippen LogP contribution in [-0.4, -0.2) is 56.1 Å². The lowest BCUT2D eigenvalue weighted by Gasteiger charge is -2.45. The van der Waals surface area contributed by atoms with E-state index in [1.54, 1.807) is 0 Å². The number of nitrogens with zero attached hydrogens (tertiary/aromatic N) is 2. The van der Waals surface area contributed by atoms with Gasteiger partial charge in [0.25, 0.3) is 0 Å². The molecule has 114 valence electrons. The molecule has 0 bridgehead atoms. The van der Waals surface area contributed by atoms with Gasteiger partial charge >= 0.3 is 0 Å². The predicted molar refractivity (Wildman–Crippen MR) is 84.4 cm³/mol. The second-order valence-electron chi connectivity index (χ2n) is 7.37. The van der Waals surface area contributed by atoms with Crippen molar-refractivity contribution in [1.29, 1.82) is 0 Å². The molecule has 3 unspecified atom stereocenters. The molecule has 0 aromatic rings. The molecule has 3 atom stereocenters. The van der Waals surface area contributed by atoms with Gasteiger partial charge in [0.05, 0.1) is 0 Å². The molecule has 0 saturated heterocycles. The normalized spacial score (nSPS) is 29.2. The Morgan fingerprint density at radius 1 is 1.11 bits per heavy atom. The summed E-state index contributed by atoms with van der Waals surface area (Å²) in [5.41, 5.74) is 6.84. The first-order valence-corrected chi connectivity index (χ1v) is 7.88. The smallest absolute Gasteiger partial charge is 0.0247 e. The van der Waals surface area contributed by atoms with Gasteiger partial charge in [-0.25, -0.2) is 0 Å². The molecule has 1 saturated carbocycles. The molecule has 0 heterocycles. The first-order valence-electron chi connectivity index (χ1n) is 7.88. The highest BCUT2D eigenvalue weighted by Gasteiger charge is 2.37. The SMILES string of the molecule is CCC(C)(C)C1CCC(N)C(N(C)CCN(C)C)C1. The lowest BCUT2D eigenvalue weighted by Crippen LogP contribution is -2.52. The van der Waals surface area contributed by atoms with Gasteiger partial charge in [-0.3, -0.25) is 0 Å². The van der Waals surface area contributed by atoms with E-state index in [4.69, 9.17) is 5.73 Å². The van der Waals surface area contributed by atoms with Gasteiger partial charge in [-0.2, -0.15) is 0 Å². The molecule has 3 heteroatoms. The molecule has 1 rings (SSSR count). The Balaban J connectivity index is 2.60. The van der Waals surface area contributed by atoms with Gasteiger partial charge < -0.3 is 15.5 Å². The Labute approximate surface area is 120 Å². The van der Waals surface area contributed by atoms with Crippen LogP contribution in [0.4, 0.5) is 0 Å². The molecule has 3 nitrogen and oxygen atoms in total. The van der Waals surface area contributed by atoms with Gasteiger partial charge in [-0.1, -0.05) is 27.2 Å². The number of hydrogen-bond acceptors (Lipinski definition) is 3. The van der Waals surface area contributed by atoms with Crippen LogP contribution in [0.5, 0.6) is 0 Å². The third kappa shape index (κ3) is 4.73. The largest absolute Gasteiger partial charge is 0.326 e. The summed E-state index contributed by atoms with van der Waals surface area (Å²) in [7, 11) is 6.52. The van der Waals surface area contributed by atoms with Crippen molar-refractivity contribution in [3.05, 3.63) is 0 Å². The topological polar surface area (TPSA) is 32.5 Å². The van der Waals surface area contributed by atoms with E-state index in [9.17, 15) is 0 Å². The minimum absolute atomic E-state index is 0.357. The lowest BCUT2D eigenvalue weighted by atomic mass is 9.67. The van der Waals surface area contributed by atoms with Crippen LogP contribution in [0, 0.1) is 11.3 Å². The zero-order chi connectivity index (χ0) is 14.6. The molecule has 0 amide bonds. The highest BCUT2D eigenvalue weighted by Crippen LogP contribution is 2.41. The minimum atomic E-state index is 0.357. The molecule has 19 heavy (non-hydrogen) atoms. The van der Waals surface area contributed by atoms with Crippen LogP contribution < -0.4 is 5.73 Å². The quantitative estimate of drug-likeness (QED) is 0.804. The molecular weight excluding hydrogens is 234 g/mol. The molecule has 2 N–H and O–H groups in total. The fraction of sp³-hybridized carbons (Fsp3) is 1.00. The fourth-order valence-corrected chi connectivity index (χ4v) is 3.20. The van der Waals surface area contributed by atoms with Crippen LogP contribution in [-0.2, 0) is 0 Å². The Kier molecular flexibility index (Phi) is 6.28. The van der Waals surface area contributed by atoms with E-state index in [2.05, 4.69) is 51.7 Å². The Bertz CT molecular complexity index is 263. The summed E-state index contributed by atoms with van der Waals surface area (Å²) in [5, 5.41) is 0. The van der Waals surface area contributed by atoms with Crippen molar-refractivity contribution < 1.29 is 0 Å². The highest BCUT2D eigenvalue weighted by molar-refractivity contribution is 4.92. The molecule has 1 aliphatic carbocycles. The standard InChI is InChI=1S/C16H35N3/c1-7-16(2,3)13-8-9-14(17)15(12-13)19(6)11-10-18(4)5/h13-15H,7-12,17H2,1-6H3. The maximum Gasteiger partial charge on any atom is 0.0247 e. The minimum Gasteiger partial charge on any atom is -0.326 e. The number of rotatable bonds is 6. The fourth-order valence-electron chi connectivity index (χ4n) is 3.20.